The number of aryl methyl sites for hydroxylation is 1. The van der Waals surface area contributed by atoms with Crippen molar-refractivity contribution in [1.29, 1.82) is 0 Å². The minimum atomic E-state index is -0.203. The number of aromatic amines is 1. The highest BCUT2D eigenvalue weighted by Crippen LogP contribution is 2.33. The number of para-hydroxylation sites is 1. The van der Waals surface area contributed by atoms with E-state index in [1.54, 1.807) is 6.07 Å². The zero-order chi connectivity index (χ0) is 19.5. The number of likely N-dealkylation sites (tertiary alicyclic amines) is 1. The van der Waals surface area contributed by atoms with E-state index in [0.717, 1.165) is 37.0 Å². The predicted octanol–water partition coefficient (Wildman–Crippen LogP) is 3.61. The average Bonchev–Trinajstić information content (AvgIpc) is 3.16. The highest BCUT2D eigenvalue weighted by Gasteiger charge is 2.25. The van der Waals surface area contributed by atoms with Gasteiger partial charge in [-0.25, -0.2) is 0 Å². The Bertz CT molecular complexity index is 1000. The molecule has 0 saturated carbocycles. The van der Waals surface area contributed by atoms with E-state index in [0.29, 0.717) is 11.5 Å². The summed E-state index contributed by atoms with van der Waals surface area (Å²) in [5, 5.41) is 4.03. The summed E-state index contributed by atoms with van der Waals surface area (Å²) >= 11 is 0. The van der Waals surface area contributed by atoms with E-state index < -0.39 is 0 Å². The lowest BCUT2D eigenvalue weighted by molar-refractivity contribution is -0.131. The molecule has 5 heteroatoms. The summed E-state index contributed by atoms with van der Waals surface area (Å²) in [6, 6.07) is 15.7. The molecule has 0 aliphatic carbocycles. The van der Waals surface area contributed by atoms with Gasteiger partial charge in [0.25, 0.3) is 5.91 Å². The third-order valence-corrected chi connectivity index (χ3v) is 5.59. The predicted molar refractivity (Wildman–Crippen MR) is 110 cm³/mol. The van der Waals surface area contributed by atoms with E-state index in [-0.39, 0.29) is 18.4 Å². The molecular weight excluding hydrogens is 350 g/mol. The first-order valence-corrected chi connectivity index (χ1v) is 9.80. The topological polar surface area (TPSA) is 65.2 Å². The zero-order valence-corrected chi connectivity index (χ0v) is 16.1. The third kappa shape index (κ3) is 3.79. The maximum atomic E-state index is 12.5. The number of nitrogens with one attached hydrogen (secondary N) is 2. The summed E-state index contributed by atoms with van der Waals surface area (Å²) < 4.78 is 0. The van der Waals surface area contributed by atoms with Gasteiger partial charge >= 0.3 is 0 Å². The number of piperidine rings is 1. The van der Waals surface area contributed by atoms with Crippen LogP contribution >= 0.6 is 0 Å². The second-order valence-electron chi connectivity index (χ2n) is 7.50. The van der Waals surface area contributed by atoms with E-state index in [9.17, 15) is 9.59 Å². The van der Waals surface area contributed by atoms with Gasteiger partial charge in [-0.3, -0.25) is 9.59 Å². The molecule has 0 unspecified atom stereocenters. The Labute approximate surface area is 164 Å². The fourth-order valence-electron chi connectivity index (χ4n) is 4.03. The van der Waals surface area contributed by atoms with Crippen LogP contribution in [0.3, 0.4) is 0 Å². The first-order chi connectivity index (χ1) is 13.6. The maximum absolute atomic E-state index is 12.5. The molecule has 2 amide bonds. The van der Waals surface area contributed by atoms with Gasteiger partial charge in [0.2, 0.25) is 5.91 Å². The Morgan fingerprint density at radius 2 is 1.89 bits per heavy atom. The van der Waals surface area contributed by atoms with Gasteiger partial charge in [0, 0.05) is 35.8 Å². The van der Waals surface area contributed by atoms with Gasteiger partial charge in [0.1, 0.15) is 0 Å². The first kappa shape index (κ1) is 18.3. The van der Waals surface area contributed by atoms with E-state index in [1.807, 2.05) is 36.1 Å². The first-order valence-electron chi connectivity index (χ1n) is 9.80. The van der Waals surface area contributed by atoms with Crippen LogP contribution in [0.15, 0.2) is 54.7 Å². The zero-order valence-electron chi connectivity index (χ0n) is 16.1. The summed E-state index contributed by atoms with van der Waals surface area (Å²) in [5.41, 5.74) is 4.12. The Balaban J connectivity index is 1.31. The summed E-state index contributed by atoms with van der Waals surface area (Å²) in [6.07, 6.45) is 3.99. The molecule has 2 heterocycles. The normalized spacial score (nSPS) is 15.0. The van der Waals surface area contributed by atoms with Crippen LogP contribution in [0.2, 0.25) is 0 Å². The van der Waals surface area contributed by atoms with E-state index >= 15 is 0 Å². The van der Waals surface area contributed by atoms with Crippen LogP contribution in [0.25, 0.3) is 10.9 Å². The van der Waals surface area contributed by atoms with Crippen molar-refractivity contribution in [2.45, 2.75) is 25.7 Å². The molecule has 0 atom stereocenters. The Morgan fingerprint density at radius 3 is 2.68 bits per heavy atom. The lowest BCUT2D eigenvalue weighted by Gasteiger charge is -2.32. The summed E-state index contributed by atoms with van der Waals surface area (Å²) in [6.45, 7) is 3.44. The number of hydrogen-bond acceptors (Lipinski definition) is 2. The van der Waals surface area contributed by atoms with Crippen LogP contribution in [0.1, 0.15) is 40.2 Å². The molecule has 0 bridgehead atoms. The largest absolute Gasteiger partial charge is 0.361 e. The van der Waals surface area contributed by atoms with E-state index in [2.05, 4.69) is 34.7 Å². The highest BCUT2D eigenvalue weighted by molar-refractivity contribution is 5.96. The minimum absolute atomic E-state index is 0.0154. The molecule has 144 valence electrons. The van der Waals surface area contributed by atoms with Crippen LogP contribution in [-0.4, -0.2) is 41.3 Å². The lowest BCUT2D eigenvalue weighted by atomic mass is 9.89. The number of aromatic nitrogens is 1. The molecule has 5 nitrogen and oxygen atoms in total. The number of amides is 2. The number of benzene rings is 2. The van der Waals surface area contributed by atoms with Crippen LogP contribution in [-0.2, 0) is 4.79 Å². The third-order valence-electron chi connectivity index (χ3n) is 5.59. The van der Waals surface area contributed by atoms with E-state index in [1.165, 1.54) is 10.9 Å². The lowest BCUT2D eigenvalue weighted by Crippen LogP contribution is -2.43. The molecule has 3 aromatic rings. The van der Waals surface area contributed by atoms with Crippen LogP contribution < -0.4 is 5.32 Å². The quantitative estimate of drug-likeness (QED) is 0.732. The number of hydrogen-bond donors (Lipinski definition) is 2. The summed E-state index contributed by atoms with van der Waals surface area (Å²) in [4.78, 5) is 29.9. The average molecular weight is 375 g/mol. The number of H-pyrrole nitrogens is 1. The molecule has 4 rings (SSSR count). The standard InChI is InChI=1S/C23H25N3O2/c1-16-5-4-6-18(13-16)23(28)25-15-22(27)26-11-9-17(10-12-26)20-14-24-21-8-3-2-7-19(20)21/h2-8,13-14,17,24H,9-12,15H2,1H3,(H,25,28). The van der Waals surface area contributed by atoms with Gasteiger partial charge < -0.3 is 15.2 Å². The Kier molecular flexibility index (Phi) is 5.15. The van der Waals surface area contributed by atoms with Gasteiger partial charge in [-0.1, -0.05) is 35.9 Å². The smallest absolute Gasteiger partial charge is 0.251 e. The van der Waals surface area contributed by atoms with Crippen molar-refractivity contribution in [1.82, 2.24) is 15.2 Å². The molecule has 1 fully saturated rings. The number of nitrogens with zero attached hydrogens (tertiary/aromatic N) is 1. The second kappa shape index (κ2) is 7.89. The molecular formula is C23H25N3O2. The molecule has 2 N–H and O–H groups in total. The number of rotatable bonds is 4. The van der Waals surface area contributed by atoms with Crippen molar-refractivity contribution in [3.05, 3.63) is 71.4 Å². The Hall–Kier alpha value is -3.08. The molecule has 28 heavy (non-hydrogen) atoms. The number of carbonyl (C=O) groups is 2. The van der Waals surface area contributed by atoms with Gasteiger partial charge in [0.15, 0.2) is 0 Å². The summed E-state index contributed by atoms with van der Waals surface area (Å²) in [5.74, 6) is 0.242. The van der Waals surface area contributed by atoms with Crippen molar-refractivity contribution in [3.63, 3.8) is 0 Å². The van der Waals surface area contributed by atoms with Gasteiger partial charge in [-0.05, 0) is 49.4 Å². The summed E-state index contributed by atoms with van der Waals surface area (Å²) in [7, 11) is 0. The monoisotopic (exact) mass is 375 g/mol. The number of fused-ring (bicyclic) bond motifs is 1. The van der Waals surface area contributed by atoms with Crippen molar-refractivity contribution in [3.8, 4) is 0 Å². The fraction of sp³-hybridized carbons (Fsp3) is 0.304. The molecule has 2 aromatic carbocycles. The minimum Gasteiger partial charge on any atom is -0.361 e. The second-order valence-corrected chi connectivity index (χ2v) is 7.50. The van der Waals surface area contributed by atoms with Crippen LogP contribution in [0.5, 0.6) is 0 Å². The fourth-order valence-corrected chi connectivity index (χ4v) is 4.03. The maximum Gasteiger partial charge on any atom is 0.251 e. The van der Waals surface area contributed by atoms with Crippen LogP contribution in [0, 0.1) is 6.92 Å². The van der Waals surface area contributed by atoms with E-state index in [4.69, 9.17) is 0 Å². The molecule has 1 aliphatic heterocycles. The number of carbonyl (C=O) groups excluding carboxylic acids is 2. The SMILES string of the molecule is Cc1cccc(C(=O)NCC(=O)N2CCC(c3c[nH]c4ccccc34)CC2)c1. The molecule has 1 aliphatic rings. The molecule has 1 saturated heterocycles. The van der Waals surface area contributed by atoms with Crippen molar-refractivity contribution >= 4 is 22.7 Å². The molecule has 0 spiro atoms. The van der Waals surface area contributed by atoms with Gasteiger partial charge in [-0.2, -0.15) is 0 Å². The highest BCUT2D eigenvalue weighted by atomic mass is 16.2. The Morgan fingerprint density at radius 1 is 1.11 bits per heavy atom. The van der Waals surface area contributed by atoms with Crippen molar-refractivity contribution < 1.29 is 9.59 Å². The van der Waals surface area contributed by atoms with Crippen molar-refractivity contribution in [2.75, 3.05) is 19.6 Å². The van der Waals surface area contributed by atoms with Crippen LogP contribution in [0.4, 0.5) is 0 Å². The van der Waals surface area contributed by atoms with Crippen molar-refractivity contribution in [2.24, 2.45) is 0 Å². The van der Waals surface area contributed by atoms with Gasteiger partial charge in [-0.15, -0.1) is 0 Å². The molecule has 1 aromatic heterocycles. The van der Waals surface area contributed by atoms with Gasteiger partial charge in [0.05, 0.1) is 6.54 Å². The molecule has 0 radical (unpaired) electrons.